The average Bonchev–Trinajstić information content (AvgIpc) is 2.48. The van der Waals surface area contributed by atoms with E-state index in [4.69, 9.17) is 0 Å². The van der Waals surface area contributed by atoms with E-state index in [-0.39, 0.29) is 18.4 Å². The Morgan fingerprint density at radius 2 is 2.00 bits per heavy atom. The Morgan fingerprint density at radius 3 is 2.65 bits per heavy atom. The van der Waals surface area contributed by atoms with Crippen molar-refractivity contribution >= 4 is 11.8 Å². The van der Waals surface area contributed by atoms with Crippen molar-refractivity contribution in [2.24, 2.45) is 0 Å². The van der Waals surface area contributed by atoms with E-state index in [1.165, 1.54) is 0 Å². The normalized spacial score (nSPS) is 18.8. The first kappa shape index (κ1) is 14.0. The maximum atomic E-state index is 12.0. The van der Waals surface area contributed by atoms with Crippen LogP contribution in [0, 0.1) is 0 Å². The third kappa shape index (κ3) is 4.36. The van der Waals surface area contributed by atoms with Gasteiger partial charge in [0.2, 0.25) is 11.8 Å². The Bertz CT molecular complexity index is 266. The van der Waals surface area contributed by atoms with E-state index in [1.807, 2.05) is 4.90 Å². The molecule has 2 amide bonds. The summed E-state index contributed by atoms with van der Waals surface area (Å²) >= 11 is 0. The molecule has 0 bridgehead atoms. The summed E-state index contributed by atoms with van der Waals surface area (Å²) in [6.45, 7) is 5.06. The molecule has 1 N–H and O–H groups in total. The topological polar surface area (TPSA) is 49.4 Å². The number of rotatable bonds is 6. The fourth-order valence-electron chi connectivity index (χ4n) is 2.33. The molecule has 1 fully saturated rings. The SMILES string of the molecule is CCCCC(CCC)N1CCC(=O)NCC1=O. The Balaban J connectivity index is 2.62. The molecule has 1 rings (SSSR count). The van der Waals surface area contributed by atoms with Crippen molar-refractivity contribution in [1.82, 2.24) is 10.2 Å². The molecule has 1 atom stereocenters. The molecule has 0 aliphatic carbocycles. The lowest BCUT2D eigenvalue weighted by atomic mass is 10.0. The maximum Gasteiger partial charge on any atom is 0.242 e. The van der Waals surface area contributed by atoms with E-state index >= 15 is 0 Å². The molecule has 0 aromatic heterocycles. The Hall–Kier alpha value is -1.06. The number of unbranched alkanes of at least 4 members (excludes halogenated alkanes) is 1. The quantitative estimate of drug-likeness (QED) is 0.768. The lowest BCUT2D eigenvalue weighted by Gasteiger charge is -2.30. The highest BCUT2D eigenvalue weighted by molar-refractivity contribution is 5.87. The fraction of sp³-hybridized carbons (Fsp3) is 0.846. The zero-order valence-electron chi connectivity index (χ0n) is 11.0. The number of carbonyl (C=O) groups is 2. The second-order valence-corrected chi connectivity index (χ2v) is 4.70. The summed E-state index contributed by atoms with van der Waals surface area (Å²) in [4.78, 5) is 25.1. The predicted octanol–water partition coefficient (Wildman–Crippen LogP) is 1.69. The predicted molar refractivity (Wildman–Crippen MR) is 67.6 cm³/mol. The van der Waals surface area contributed by atoms with Gasteiger partial charge in [0.1, 0.15) is 0 Å². The zero-order valence-corrected chi connectivity index (χ0v) is 11.0. The molecule has 17 heavy (non-hydrogen) atoms. The van der Waals surface area contributed by atoms with Gasteiger partial charge in [-0.15, -0.1) is 0 Å². The van der Waals surface area contributed by atoms with Crippen molar-refractivity contribution in [2.75, 3.05) is 13.1 Å². The van der Waals surface area contributed by atoms with Gasteiger partial charge in [-0.3, -0.25) is 9.59 Å². The van der Waals surface area contributed by atoms with Crippen LogP contribution < -0.4 is 5.32 Å². The average molecular weight is 240 g/mol. The van der Waals surface area contributed by atoms with Gasteiger partial charge in [-0.2, -0.15) is 0 Å². The number of amides is 2. The van der Waals surface area contributed by atoms with Crippen LogP contribution in [0.25, 0.3) is 0 Å². The van der Waals surface area contributed by atoms with Gasteiger partial charge in [-0.1, -0.05) is 33.1 Å². The van der Waals surface area contributed by atoms with Crippen molar-refractivity contribution in [1.29, 1.82) is 0 Å². The zero-order chi connectivity index (χ0) is 12.7. The monoisotopic (exact) mass is 240 g/mol. The number of nitrogens with zero attached hydrogens (tertiary/aromatic N) is 1. The third-order valence-electron chi connectivity index (χ3n) is 3.29. The molecular formula is C13H24N2O2. The summed E-state index contributed by atoms with van der Waals surface area (Å²) in [5, 5.41) is 2.65. The molecule has 98 valence electrons. The van der Waals surface area contributed by atoms with Crippen molar-refractivity contribution in [3.05, 3.63) is 0 Å². The highest BCUT2D eigenvalue weighted by atomic mass is 16.2. The minimum atomic E-state index is -0.00779. The molecule has 0 aromatic carbocycles. The number of hydrogen-bond acceptors (Lipinski definition) is 2. The van der Waals surface area contributed by atoms with E-state index < -0.39 is 0 Å². The minimum absolute atomic E-state index is 0.00779. The molecule has 0 spiro atoms. The van der Waals surface area contributed by atoms with Crippen molar-refractivity contribution in [3.8, 4) is 0 Å². The summed E-state index contributed by atoms with van der Waals surface area (Å²) in [6, 6.07) is 0.320. The van der Waals surface area contributed by atoms with Gasteiger partial charge in [0, 0.05) is 19.0 Å². The fourth-order valence-corrected chi connectivity index (χ4v) is 2.33. The van der Waals surface area contributed by atoms with Gasteiger partial charge in [0.15, 0.2) is 0 Å². The van der Waals surface area contributed by atoms with Crippen molar-refractivity contribution < 1.29 is 9.59 Å². The Morgan fingerprint density at radius 1 is 1.24 bits per heavy atom. The second-order valence-electron chi connectivity index (χ2n) is 4.70. The molecule has 4 heteroatoms. The second kappa shape index (κ2) is 7.30. The number of nitrogens with one attached hydrogen (secondary N) is 1. The molecule has 1 unspecified atom stereocenters. The van der Waals surface area contributed by atoms with Crippen molar-refractivity contribution in [2.45, 2.75) is 58.4 Å². The molecule has 1 aliphatic heterocycles. The Kier molecular flexibility index (Phi) is 6.01. The van der Waals surface area contributed by atoms with Crippen LogP contribution in [0.5, 0.6) is 0 Å². The van der Waals surface area contributed by atoms with Crippen molar-refractivity contribution in [3.63, 3.8) is 0 Å². The van der Waals surface area contributed by atoms with Gasteiger partial charge in [-0.25, -0.2) is 0 Å². The lowest BCUT2D eigenvalue weighted by Crippen LogP contribution is -2.42. The largest absolute Gasteiger partial charge is 0.347 e. The van der Waals surface area contributed by atoms with Crippen LogP contribution in [-0.2, 0) is 9.59 Å². The third-order valence-corrected chi connectivity index (χ3v) is 3.29. The van der Waals surface area contributed by atoms with Crippen LogP contribution in [-0.4, -0.2) is 35.8 Å². The van der Waals surface area contributed by atoms with Crippen LogP contribution in [0.4, 0.5) is 0 Å². The molecular weight excluding hydrogens is 216 g/mol. The number of hydrogen-bond donors (Lipinski definition) is 1. The minimum Gasteiger partial charge on any atom is -0.347 e. The first-order chi connectivity index (χ1) is 8.19. The van der Waals surface area contributed by atoms with Crippen LogP contribution in [0.15, 0.2) is 0 Å². The van der Waals surface area contributed by atoms with Gasteiger partial charge in [0.05, 0.1) is 6.54 Å². The van der Waals surface area contributed by atoms with Gasteiger partial charge < -0.3 is 10.2 Å². The summed E-state index contributed by atoms with van der Waals surface area (Å²) in [5.74, 6) is 0.0667. The first-order valence-corrected chi connectivity index (χ1v) is 6.75. The highest BCUT2D eigenvalue weighted by Gasteiger charge is 2.25. The molecule has 1 saturated heterocycles. The standard InChI is InChI=1S/C13H24N2O2/c1-3-5-7-11(6-4-2)15-9-8-12(16)14-10-13(15)17/h11H,3-10H2,1-2H3,(H,14,16). The van der Waals surface area contributed by atoms with Crippen LogP contribution in [0.1, 0.15) is 52.4 Å². The van der Waals surface area contributed by atoms with E-state index in [1.54, 1.807) is 0 Å². The Labute approximate surface area is 104 Å². The van der Waals surface area contributed by atoms with E-state index in [0.29, 0.717) is 19.0 Å². The van der Waals surface area contributed by atoms with Gasteiger partial charge in [-0.05, 0) is 12.8 Å². The lowest BCUT2D eigenvalue weighted by molar-refractivity contribution is -0.132. The molecule has 1 heterocycles. The summed E-state index contributed by atoms with van der Waals surface area (Å²) < 4.78 is 0. The van der Waals surface area contributed by atoms with E-state index in [2.05, 4.69) is 19.2 Å². The van der Waals surface area contributed by atoms with Crippen LogP contribution in [0.2, 0.25) is 0 Å². The first-order valence-electron chi connectivity index (χ1n) is 6.75. The molecule has 0 radical (unpaired) electrons. The van der Waals surface area contributed by atoms with Gasteiger partial charge >= 0.3 is 0 Å². The maximum absolute atomic E-state index is 12.0. The summed E-state index contributed by atoms with van der Waals surface area (Å²) in [6.07, 6.45) is 5.93. The smallest absolute Gasteiger partial charge is 0.242 e. The van der Waals surface area contributed by atoms with E-state index in [0.717, 1.165) is 32.1 Å². The molecule has 1 aliphatic rings. The van der Waals surface area contributed by atoms with E-state index in [9.17, 15) is 9.59 Å². The van der Waals surface area contributed by atoms with Crippen LogP contribution in [0.3, 0.4) is 0 Å². The van der Waals surface area contributed by atoms with Crippen LogP contribution >= 0.6 is 0 Å². The highest BCUT2D eigenvalue weighted by Crippen LogP contribution is 2.16. The van der Waals surface area contributed by atoms with Gasteiger partial charge in [0.25, 0.3) is 0 Å². The number of carbonyl (C=O) groups excluding carboxylic acids is 2. The molecule has 0 saturated carbocycles. The summed E-state index contributed by atoms with van der Waals surface area (Å²) in [7, 11) is 0. The summed E-state index contributed by atoms with van der Waals surface area (Å²) in [5.41, 5.74) is 0. The molecule has 4 nitrogen and oxygen atoms in total. The molecule has 0 aromatic rings.